The monoisotopic (exact) mass is 2000 g/mol. The van der Waals surface area contributed by atoms with E-state index in [2.05, 4.69) is 56.5 Å². The van der Waals surface area contributed by atoms with Crippen molar-refractivity contribution in [3.63, 3.8) is 0 Å². The van der Waals surface area contributed by atoms with Gasteiger partial charge in [0, 0.05) is 70.8 Å². The third-order valence-corrected chi connectivity index (χ3v) is 31.5. The van der Waals surface area contributed by atoms with Crippen molar-refractivity contribution in [1.82, 2.24) is 14.7 Å². The summed E-state index contributed by atoms with van der Waals surface area (Å²) in [6, 6.07) is 5.55. The van der Waals surface area contributed by atoms with Crippen molar-refractivity contribution in [2.75, 3.05) is 58.2 Å². The van der Waals surface area contributed by atoms with Crippen molar-refractivity contribution >= 4 is 86.8 Å². The number of nitrogens with two attached hydrogens (primary N) is 3. The van der Waals surface area contributed by atoms with E-state index in [0.29, 0.717) is 36.0 Å². The van der Waals surface area contributed by atoms with E-state index in [-0.39, 0.29) is 87.8 Å². The minimum absolute atomic E-state index is 0.0401. The van der Waals surface area contributed by atoms with Gasteiger partial charge in [0.25, 0.3) is 0 Å². The number of fused-ring (bicyclic) bond motifs is 9. The van der Waals surface area contributed by atoms with Crippen molar-refractivity contribution in [1.29, 1.82) is 0 Å². The smallest absolute Gasteiger partial charge is 0.224 e. The summed E-state index contributed by atoms with van der Waals surface area (Å²) >= 11 is 0. The van der Waals surface area contributed by atoms with E-state index in [0.717, 1.165) is 57.8 Å². The number of aliphatic hydroxyl groups is 12. The highest BCUT2D eigenvalue weighted by Crippen LogP contribution is 2.62. The molecule has 0 aliphatic heterocycles. The first-order valence-electron chi connectivity index (χ1n) is 52.0. The van der Waals surface area contributed by atoms with Crippen LogP contribution in [0.1, 0.15) is 324 Å². The zero-order valence-electron chi connectivity index (χ0n) is 86.2. The number of aromatic hydroxyl groups is 3. The van der Waals surface area contributed by atoms with E-state index >= 15 is 0 Å². The minimum atomic E-state index is -2.83. The van der Waals surface area contributed by atoms with E-state index in [1.165, 1.54) is 210 Å². The quantitative estimate of drug-likeness (QED) is 0.0185. The Hall–Kier alpha value is -11.0. The number of carbonyl (C=O) groups is 9. The lowest BCUT2D eigenvalue weighted by Crippen LogP contribution is -2.70. The summed E-state index contributed by atoms with van der Waals surface area (Å²) in [6.45, 7) is 22.3. The third-order valence-electron chi connectivity index (χ3n) is 31.5. The predicted molar refractivity (Wildman–Crippen MR) is 553 cm³/mol. The molecular formula is C111H159N9O24. The van der Waals surface area contributed by atoms with Gasteiger partial charge in [0.05, 0.1) is 105 Å². The zero-order valence-corrected chi connectivity index (χ0v) is 86.2. The Kier molecular flexibility index (Phi) is 39.5. The number of rotatable bonds is 45. The molecule has 792 valence electrons. The van der Waals surface area contributed by atoms with Gasteiger partial charge in [-0.2, -0.15) is 0 Å². The molecule has 144 heavy (non-hydrogen) atoms. The van der Waals surface area contributed by atoms with Crippen LogP contribution in [-0.2, 0) is 43.2 Å². The molecule has 6 unspecified atom stereocenters. The largest absolute Gasteiger partial charge is 0.508 e. The predicted octanol–water partition coefficient (Wildman–Crippen LogP) is 15.4. The van der Waals surface area contributed by atoms with Gasteiger partial charge < -0.3 is 110 Å². The summed E-state index contributed by atoms with van der Waals surface area (Å²) < 4.78 is 0. The number of allylic oxidation sites excluding steroid dienone is 3. The highest BCUT2D eigenvalue weighted by Gasteiger charge is 2.72. The number of hydrogen-bond donors (Lipinski definition) is 21. The maximum absolute atomic E-state index is 14.2. The third kappa shape index (κ3) is 22.6. The molecule has 9 aliphatic carbocycles. The number of carbonyl (C=O) groups excluding carboxylic acids is 9. The standard InChI is InChI=1S/C39H57N3O8.C37H53N3O8.C35H49N3O8/c1-6-7-8-9-10-11-12-13-14-15-16-17-18-19-26(43)41-25-21-20-24-22(2)27-30(34(45)29(24)33(25)44)38(49)39(50)31(35(27)46)32(42(4)5)36(47)28(23(3)40)37(39)48;1-6-7-8-9-10-11-12-13-14-15-16-17-24(41)39-23-19-18-22-20(2)25-28(32(43)27(22)31(23)42)36(47)37(48)29(33(25)44)30(40(4)5)34(45)26(21(3)38)35(37)46;1-6-7-8-9-10-11-12-13-14-15-22(39)37-21-17-16-20-18(2)23-26(30(41)25(20)29(21)40)34(45)35(46)27(31(23)42)28(38(4)5)32(43)24(19(3)36)33(35)44/h20-22,27,31-32,35,44-46,48,50H,3,6-19,40H2,1-2,4-5H3,(H,41,43);18-20,25,29-30,33,42-44,46,48H,3,6-17,38H2,1-2,4-5H3,(H,39,41);16-18,23,27-28,31,40-42,44,46H,3,6-15,36H2,1-2,4-5H3,(H,37,39)/t22-,27?,31?,32-,35-,39+;20-,25?,29?,30-,33-,37+;18-,23?,27?,28-,31-,35+/m000/s1. The molecule has 3 saturated carbocycles. The number of ketones is 6. The molecule has 12 rings (SSSR count). The Morgan fingerprint density at radius 2 is 0.514 bits per heavy atom. The number of amides is 3. The fourth-order valence-corrected chi connectivity index (χ4v) is 23.9. The van der Waals surface area contributed by atoms with E-state index in [1.807, 2.05) is 0 Å². The number of phenolic OH excluding ortho intramolecular Hbond substituents is 3. The van der Waals surface area contributed by atoms with Crippen LogP contribution < -0.4 is 33.2 Å². The topological polar surface area (TPSA) is 581 Å². The molecule has 3 amide bonds. The second-order valence-electron chi connectivity index (χ2n) is 41.9. The van der Waals surface area contributed by atoms with Crippen LogP contribution in [0.25, 0.3) is 17.3 Å². The number of aliphatic hydroxyl groups excluding tert-OH is 9. The molecule has 33 heteroatoms. The molecule has 3 aromatic carbocycles. The lowest BCUT2D eigenvalue weighted by atomic mass is 9.54. The molecule has 3 fully saturated rings. The summed E-state index contributed by atoms with van der Waals surface area (Å²) in [6.07, 6.45) is 34.1. The highest BCUT2D eigenvalue weighted by molar-refractivity contribution is 6.19. The molecule has 0 bridgehead atoms. The molecule has 0 aromatic heterocycles. The summed E-state index contributed by atoms with van der Waals surface area (Å²) in [7, 11) is 9.21. The average molecular weight is 2000 g/mol. The summed E-state index contributed by atoms with van der Waals surface area (Å²) in [5, 5.41) is 181. The van der Waals surface area contributed by atoms with Crippen molar-refractivity contribution in [3.05, 3.63) is 157 Å². The molecule has 0 heterocycles. The molecule has 0 spiro atoms. The molecule has 9 aliphatic rings. The number of anilines is 3. The van der Waals surface area contributed by atoms with Crippen LogP contribution in [0.5, 0.6) is 17.2 Å². The van der Waals surface area contributed by atoms with Gasteiger partial charge in [-0.1, -0.05) is 272 Å². The number of hydrogen-bond acceptors (Lipinski definition) is 30. The lowest BCUT2D eigenvalue weighted by Gasteiger charge is -2.54. The van der Waals surface area contributed by atoms with E-state index in [1.54, 1.807) is 39.0 Å². The summed E-state index contributed by atoms with van der Waals surface area (Å²) in [5.74, 6) is -22.9. The maximum atomic E-state index is 14.2. The van der Waals surface area contributed by atoms with E-state index in [4.69, 9.17) is 17.2 Å². The van der Waals surface area contributed by atoms with Crippen LogP contribution in [0, 0.1) is 35.5 Å². The first-order valence-corrected chi connectivity index (χ1v) is 52.0. The first-order chi connectivity index (χ1) is 68.1. The second kappa shape index (κ2) is 49.5. The molecule has 0 radical (unpaired) electrons. The molecule has 3 aromatic rings. The first kappa shape index (κ1) is 115. The van der Waals surface area contributed by atoms with Crippen LogP contribution in [0.3, 0.4) is 0 Å². The van der Waals surface area contributed by atoms with Crippen molar-refractivity contribution in [2.45, 2.75) is 344 Å². The van der Waals surface area contributed by atoms with E-state index < -0.39 is 226 Å². The van der Waals surface area contributed by atoms with E-state index in [9.17, 15) is 120 Å². The Morgan fingerprint density at radius 1 is 0.326 bits per heavy atom. The Bertz CT molecular complexity index is 5540. The van der Waals surface area contributed by atoms with Gasteiger partial charge in [-0.3, -0.25) is 57.9 Å². The van der Waals surface area contributed by atoms with Crippen molar-refractivity contribution in [3.8, 4) is 17.2 Å². The van der Waals surface area contributed by atoms with Gasteiger partial charge in [-0.15, -0.1) is 0 Å². The Morgan fingerprint density at radius 3 is 0.694 bits per heavy atom. The van der Waals surface area contributed by atoms with Crippen LogP contribution in [0.2, 0.25) is 0 Å². The van der Waals surface area contributed by atoms with Crippen LogP contribution in [-0.4, -0.2) is 239 Å². The van der Waals surface area contributed by atoms with Crippen molar-refractivity contribution in [2.24, 2.45) is 52.7 Å². The number of nitrogens with zero attached hydrogens (tertiary/aromatic N) is 3. The minimum Gasteiger partial charge on any atom is -0.508 e. The highest BCUT2D eigenvalue weighted by atomic mass is 16.4. The van der Waals surface area contributed by atoms with Gasteiger partial charge in [-0.25, -0.2) is 0 Å². The number of Topliss-reactive ketones (excluding diaryl/α,β-unsaturated/α-hetero) is 6. The number of unbranched alkanes of at least 4 members (excludes halogenated alkanes) is 30. The fraction of sp³-hybridized carbons (Fsp3) is 0.595. The van der Waals surface area contributed by atoms with Gasteiger partial charge in [-0.05, 0) is 114 Å². The SMILES string of the molecule is C=C(N)C1=C(O)[C@@]2(O)C(=O)C3=C(O)c4c(ccc(NC(=O)CCCCCCCCCCC)c4O)[C@H](C)C3[C@H](O)C2[C@H](N(C)C)C1=O.C=C(N)C1=C(O)[C@@]2(O)C(=O)C3=C(O)c4c(ccc(NC(=O)CCCCCCCCCCCCC)c4O)[C@H](C)C3[C@H](O)C2[C@H](N(C)C)C1=O.C=C(N)C1=C(O)[C@@]2(O)C(=O)C3=C(O)c4c(ccc(NC(=O)CCCCCCCCCCCCCCC)c4O)[C@H](C)C3[C@H](O)C2[C@H](N(C)C)C1=O. The molecular weight excluding hydrogens is 1840 g/mol. The zero-order chi connectivity index (χ0) is 106. The number of phenols is 3. The summed E-state index contributed by atoms with van der Waals surface area (Å²) in [5.41, 5.74) is 6.02. The fourth-order valence-electron chi connectivity index (χ4n) is 23.9. The van der Waals surface area contributed by atoms with Gasteiger partial charge in [0.15, 0.2) is 34.2 Å². The number of nitrogens with one attached hydrogen (secondary N) is 3. The van der Waals surface area contributed by atoms with Crippen LogP contribution in [0.4, 0.5) is 17.1 Å². The summed E-state index contributed by atoms with van der Waals surface area (Å²) in [4.78, 5) is 126. The second-order valence-corrected chi connectivity index (χ2v) is 41.9. The molecule has 0 saturated heterocycles. The maximum Gasteiger partial charge on any atom is 0.224 e. The van der Waals surface area contributed by atoms with Crippen LogP contribution in [0.15, 0.2) is 124 Å². The van der Waals surface area contributed by atoms with Crippen LogP contribution >= 0.6 is 0 Å². The normalized spacial score (nSPS) is 26.8. The number of likely N-dealkylation sites (N-methyl/N-ethyl adjacent to an activating group) is 3. The average Bonchev–Trinajstić information content (AvgIpc) is 0.694. The molecule has 33 nitrogen and oxygen atoms in total. The van der Waals surface area contributed by atoms with Crippen molar-refractivity contribution < 1.29 is 120 Å². The van der Waals surface area contributed by atoms with Gasteiger partial charge >= 0.3 is 0 Å². The Balaban J connectivity index is 0.000000222. The Labute approximate surface area is 846 Å². The lowest BCUT2D eigenvalue weighted by molar-refractivity contribution is -0.169. The number of benzene rings is 3. The van der Waals surface area contributed by atoms with Gasteiger partial charge in [0.2, 0.25) is 35.1 Å². The van der Waals surface area contributed by atoms with Gasteiger partial charge in [0.1, 0.15) is 51.8 Å². The molecule has 18 atom stereocenters. The molecule has 24 N–H and O–H groups in total.